The van der Waals surface area contributed by atoms with Gasteiger partial charge < -0.3 is 14.6 Å². The van der Waals surface area contributed by atoms with Gasteiger partial charge in [0.05, 0.1) is 18.6 Å². The lowest BCUT2D eigenvalue weighted by atomic mass is 9.72. The number of carboxylic acid groups (broad SMARTS) is 1. The topological polar surface area (TPSA) is 55.8 Å². The Morgan fingerprint density at radius 3 is 2.44 bits per heavy atom. The number of hydrogen-bond acceptors (Lipinski definition) is 3. The lowest BCUT2D eigenvalue weighted by Crippen LogP contribution is -2.34. The van der Waals surface area contributed by atoms with Crippen LogP contribution in [0.4, 0.5) is 0 Å². The van der Waals surface area contributed by atoms with Crippen LogP contribution in [0.5, 0.6) is 0 Å². The fourth-order valence-electron chi connectivity index (χ4n) is 2.31. The second-order valence-corrected chi connectivity index (χ2v) is 4.50. The number of carbonyl (C=O) groups is 1. The highest BCUT2D eigenvalue weighted by atomic mass is 16.5. The van der Waals surface area contributed by atoms with Crippen molar-refractivity contribution in [1.29, 1.82) is 0 Å². The van der Waals surface area contributed by atoms with Gasteiger partial charge in [0.2, 0.25) is 0 Å². The van der Waals surface area contributed by atoms with Gasteiger partial charge in [0.1, 0.15) is 0 Å². The summed E-state index contributed by atoms with van der Waals surface area (Å²) in [5, 5.41) is 9.31. The number of hydrogen-bond donors (Lipinski definition) is 1. The van der Waals surface area contributed by atoms with Gasteiger partial charge in [-0.05, 0) is 19.3 Å². The minimum Gasteiger partial charge on any atom is -0.481 e. The number of aliphatic carboxylic acids is 1. The van der Waals surface area contributed by atoms with Crippen molar-refractivity contribution < 1.29 is 19.4 Å². The Morgan fingerprint density at radius 1 is 1.19 bits per heavy atom. The van der Waals surface area contributed by atoms with E-state index in [0.717, 1.165) is 25.7 Å². The molecule has 1 fully saturated rings. The minimum absolute atomic E-state index is 0.522. The van der Waals surface area contributed by atoms with E-state index >= 15 is 0 Å². The van der Waals surface area contributed by atoms with Crippen molar-refractivity contribution in [3.05, 3.63) is 0 Å². The maximum absolute atomic E-state index is 11.3. The molecule has 16 heavy (non-hydrogen) atoms. The maximum Gasteiger partial charge on any atom is 0.309 e. The van der Waals surface area contributed by atoms with E-state index in [4.69, 9.17) is 9.47 Å². The van der Waals surface area contributed by atoms with Crippen molar-refractivity contribution in [3.63, 3.8) is 0 Å². The minimum atomic E-state index is -0.650. The Kier molecular flexibility index (Phi) is 5.77. The van der Waals surface area contributed by atoms with Crippen molar-refractivity contribution in [3.8, 4) is 0 Å². The third-order valence-electron chi connectivity index (χ3n) is 3.42. The summed E-state index contributed by atoms with van der Waals surface area (Å²) in [6.45, 7) is 1.64. The van der Waals surface area contributed by atoms with Gasteiger partial charge in [-0.15, -0.1) is 0 Å². The van der Waals surface area contributed by atoms with Crippen molar-refractivity contribution in [2.75, 3.05) is 26.9 Å². The normalized spacial score (nSPS) is 19.6. The van der Waals surface area contributed by atoms with Gasteiger partial charge in [-0.2, -0.15) is 0 Å². The van der Waals surface area contributed by atoms with Crippen LogP contribution in [0.25, 0.3) is 0 Å². The summed E-state index contributed by atoms with van der Waals surface area (Å²) in [7, 11) is 1.63. The van der Waals surface area contributed by atoms with Gasteiger partial charge in [0, 0.05) is 13.7 Å². The predicted octanol–water partition coefficient (Wildman–Crippen LogP) is 2.07. The second kappa shape index (κ2) is 6.86. The highest BCUT2D eigenvalue weighted by Gasteiger charge is 2.38. The molecule has 0 radical (unpaired) electrons. The third-order valence-corrected chi connectivity index (χ3v) is 3.42. The zero-order valence-electron chi connectivity index (χ0n) is 10.0. The molecule has 0 unspecified atom stereocenters. The molecule has 0 atom stereocenters. The Balaban J connectivity index is 2.30. The van der Waals surface area contributed by atoms with Gasteiger partial charge in [-0.1, -0.05) is 19.3 Å². The van der Waals surface area contributed by atoms with Crippen LogP contribution >= 0.6 is 0 Å². The molecule has 0 aromatic rings. The van der Waals surface area contributed by atoms with E-state index < -0.39 is 11.4 Å². The summed E-state index contributed by atoms with van der Waals surface area (Å²) < 4.78 is 10.2. The first-order valence-electron chi connectivity index (χ1n) is 6.01. The van der Waals surface area contributed by atoms with Crippen LogP contribution in [0.15, 0.2) is 0 Å². The summed E-state index contributed by atoms with van der Waals surface area (Å²) in [5.41, 5.74) is -0.522. The van der Waals surface area contributed by atoms with E-state index in [-0.39, 0.29) is 0 Å². The molecule has 1 N–H and O–H groups in total. The fourth-order valence-corrected chi connectivity index (χ4v) is 2.31. The second-order valence-electron chi connectivity index (χ2n) is 4.50. The molecule has 4 nitrogen and oxygen atoms in total. The van der Waals surface area contributed by atoms with Gasteiger partial charge in [0.25, 0.3) is 0 Å². The lowest BCUT2D eigenvalue weighted by molar-refractivity contribution is -0.152. The first-order chi connectivity index (χ1) is 7.71. The first kappa shape index (κ1) is 13.5. The molecule has 94 valence electrons. The Hall–Kier alpha value is -0.610. The third kappa shape index (κ3) is 3.76. The first-order valence-corrected chi connectivity index (χ1v) is 6.01. The van der Waals surface area contributed by atoms with E-state index in [0.29, 0.717) is 26.2 Å². The zero-order valence-corrected chi connectivity index (χ0v) is 10.0. The van der Waals surface area contributed by atoms with Crippen molar-refractivity contribution in [1.82, 2.24) is 0 Å². The molecule has 0 heterocycles. The molecule has 1 saturated carbocycles. The van der Waals surface area contributed by atoms with Crippen LogP contribution in [0.3, 0.4) is 0 Å². The monoisotopic (exact) mass is 230 g/mol. The molecule has 0 amide bonds. The number of carboxylic acids is 1. The Labute approximate surface area is 96.9 Å². The van der Waals surface area contributed by atoms with Crippen LogP contribution in [0.2, 0.25) is 0 Å². The van der Waals surface area contributed by atoms with Gasteiger partial charge >= 0.3 is 5.97 Å². The van der Waals surface area contributed by atoms with Crippen LogP contribution in [0, 0.1) is 5.41 Å². The van der Waals surface area contributed by atoms with Crippen LogP contribution in [-0.4, -0.2) is 38.0 Å². The zero-order chi connectivity index (χ0) is 11.9. The quantitative estimate of drug-likeness (QED) is 0.680. The smallest absolute Gasteiger partial charge is 0.309 e. The van der Waals surface area contributed by atoms with E-state index in [2.05, 4.69) is 0 Å². The van der Waals surface area contributed by atoms with E-state index in [1.165, 1.54) is 6.42 Å². The van der Waals surface area contributed by atoms with E-state index in [9.17, 15) is 9.90 Å². The largest absolute Gasteiger partial charge is 0.481 e. The maximum atomic E-state index is 11.3. The summed E-state index contributed by atoms with van der Waals surface area (Å²) in [5.74, 6) is -0.650. The van der Waals surface area contributed by atoms with E-state index in [1.807, 2.05) is 0 Å². The molecule has 1 aliphatic carbocycles. The van der Waals surface area contributed by atoms with Crippen molar-refractivity contribution in [2.45, 2.75) is 38.5 Å². The molecular formula is C12H22O4. The molecule has 0 aromatic heterocycles. The van der Waals surface area contributed by atoms with E-state index in [1.54, 1.807) is 7.11 Å². The van der Waals surface area contributed by atoms with Crippen LogP contribution in [0.1, 0.15) is 38.5 Å². The van der Waals surface area contributed by atoms with Gasteiger partial charge in [-0.25, -0.2) is 0 Å². The fraction of sp³-hybridized carbons (Fsp3) is 0.917. The summed E-state index contributed by atoms with van der Waals surface area (Å²) >= 11 is 0. The molecule has 0 saturated heterocycles. The number of methoxy groups -OCH3 is 1. The molecule has 0 aliphatic heterocycles. The lowest BCUT2D eigenvalue weighted by Gasteiger charge is -2.33. The Morgan fingerprint density at radius 2 is 1.88 bits per heavy atom. The highest BCUT2D eigenvalue weighted by molar-refractivity contribution is 5.74. The standard InChI is InChI=1S/C12H22O4/c1-15-9-10-16-8-7-12(11(13)14)5-3-2-4-6-12/h2-10H2,1H3,(H,13,14). The molecule has 0 aromatic carbocycles. The number of ether oxygens (including phenoxy) is 2. The molecule has 1 aliphatic rings. The van der Waals surface area contributed by atoms with Crippen molar-refractivity contribution in [2.24, 2.45) is 5.41 Å². The molecular weight excluding hydrogens is 208 g/mol. The SMILES string of the molecule is COCCOCCC1(C(=O)O)CCCCC1. The summed E-state index contributed by atoms with van der Waals surface area (Å²) in [6, 6.07) is 0. The van der Waals surface area contributed by atoms with Gasteiger partial charge in [-0.3, -0.25) is 4.79 Å². The summed E-state index contributed by atoms with van der Waals surface area (Å²) in [6.07, 6.45) is 5.46. The average molecular weight is 230 g/mol. The number of rotatable bonds is 7. The Bertz CT molecular complexity index is 209. The predicted molar refractivity (Wildman–Crippen MR) is 60.5 cm³/mol. The molecule has 0 bridgehead atoms. The summed E-state index contributed by atoms with van der Waals surface area (Å²) in [4.78, 5) is 11.3. The average Bonchev–Trinajstić information content (AvgIpc) is 2.30. The van der Waals surface area contributed by atoms with Crippen LogP contribution < -0.4 is 0 Å². The highest BCUT2D eigenvalue weighted by Crippen LogP contribution is 2.39. The molecule has 0 spiro atoms. The van der Waals surface area contributed by atoms with Gasteiger partial charge in [0.15, 0.2) is 0 Å². The van der Waals surface area contributed by atoms with Crippen LogP contribution in [-0.2, 0) is 14.3 Å². The van der Waals surface area contributed by atoms with Crippen molar-refractivity contribution >= 4 is 5.97 Å². The molecule has 4 heteroatoms. The molecule has 1 rings (SSSR count).